The average Bonchev–Trinajstić information content (AvgIpc) is 2.63. The lowest BCUT2D eigenvalue weighted by atomic mass is 10.1. The van der Waals surface area contributed by atoms with Gasteiger partial charge in [-0.3, -0.25) is 4.79 Å². The molecule has 0 bridgehead atoms. The average molecular weight is 251 g/mol. The molecule has 1 aliphatic carbocycles. The summed E-state index contributed by atoms with van der Waals surface area (Å²) in [4.78, 5) is 21.9. The molecule has 17 heavy (non-hydrogen) atoms. The molecular weight excluding hydrogens is 236 g/mol. The molecule has 1 fully saturated rings. The molecule has 1 amide bonds. The minimum absolute atomic E-state index is 0.635. The smallest absolute Gasteiger partial charge is 0.407 e. The number of alkyl halides is 2. The largest absolute Gasteiger partial charge is 0.481 e. The van der Waals surface area contributed by atoms with Gasteiger partial charge in [0.2, 0.25) is 0 Å². The molecule has 0 aromatic rings. The first-order chi connectivity index (χ1) is 7.50. The van der Waals surface area contributed by atoms with Crippen molar-refractivity contribution in [3.63, 3.8) is 0 Å². The number of hydrogen-bond donors (Lipinski definition) is 2. The molecular formula is C10H15F2NO4. The summed E-state index contributed by atoms with van der Waals surface area (Å²) in [6.07, 6.45) is -1.66. The lowest BCUT2D eigenvalue weighted by Gasteiger charge is -2.20. The van der Waals surface area contributed by atoms with Crippen molar-refractivity contribution in [2.24, 2.45) is 5.41 Å². The highest BCUT2D eigenvalue weighted by atomic mass is 19.3. The van der Waals surface area contributed by atoms with Gasteiger partial charge in [0, 0.05) is 13.0 Å². The Morgan fingerprint density at radius 3 is 2.18 bits per heavy atom. The fourth-order valence-electron chi connectivity index (χ4n) is 1.37. The first kappa shape index (κ1) is 13.7. The van der Waals surface area contributed by atoms with Gasteiger partial charge in [0.05, 0.1) is 0 Å². The van der Waals surface area contributed by atoms with Crippen molar-refractivity contribution in [2.45, 2.75) is 38.7 Å². The van der Waals surface area contributed by atoms with Gasteiger partial charge >= 0.3 is 12.1 Å². The summed E-state index contributed by atoms with van der Waals surface area (Å²) >= 11 is 0. The van der Waals surface area contributed by atoms with Crippen LogP contribution in [0.25, 0.3) is 0 Å². The fraction of sp³-hybridized carbons (Fsp3) is 0.800. The molecule has 1 saturated carbocycles. The zero-order chi connectivity index (χ0) is 13.5. The van der Waals surface area contributed by atoms with Crippen LogP contribution in [0, 0.1) is 5.41 Å². The molecule has 0 saturated heterocycles. The molecule has 0 aromatic heterocycles. The van der Waals surface area contributed by atoms with Gasteiger partial charge in [-0.05, 0) is 20.8 Å². The number of rotatable bonds is 3. The Balaban J connectivity index is 2.51. The van der Waals surface area contributed by atoms with Crippen LogP contribution >= 0.6 is 0 Å². The van der Waals surface area contributed by atoms with E-state index in [1.165, 1.54) is 0 Å². The first-order valence-corrected chi connectivity index (χ1v) is 5.08. The Hall–Kier alpha value is -1.40. The molecule has 0 aliphatic heterocycles. The third kappa shape index (κ3) is 2.83. The normalized spacial score (nSPS) is 26.2. The van der Waals surface area contributed by atoms with Crippen molar-refractivity contribution >= 4 is 12.1 Å². The first-order valence-electron chi connectivity index (χ1n) is 5.08. The molecule has 1 unspecified atom stereocenters. The van der Waals surface area contributed by atoms with Crippen LogP contribution in [0.5, 0.6) is 0 Å². The van der Waals surface area contributed by atoms with E-state index in [0.29, 0.717) is 0 Å². The van der Waals surface area contributed by atoms with Gasteiger partial charge in [-0.15, -0.1) is 0 Å². The minimum Gasteiger partial charge on any atom is -0.481 e. The lowest BCUT2D eigenvalue weighted by molar-refractivity contribution is -0.147. The van der Waals surface area contributed by atoms with Crippen molar-refractivity contribution in [1.82, 2.24) is 5.32 Å². The van der Waals surface area contributed by atoms with Crippen LogP contribution < -0.4 is 5.32 Å². The molecule has 2 N–H and O–H groups in total. The lowest BCUT2D eigenvalue weighted by Crippen LogP contribution is -2.40. The van der Waals surface area contributed by atoms with Gasteiger partial charge in [-0.2, -0.15) is 0 Å². The number of carboxylic acids is 1. The molecule has 98 valence electrons. The topological polar surface area (TPSA) is 75.6 Å². The van der Waals surface area contributed by atoms with Gasteiger partial charge in [-0.1, -0.05) is 0 Å². The summed E-state index contributed by atoms with van der Waals surface area (Å²) in [7, 11) is 0. The number of aliphatic carboxylic acids is 1. The molecule has 1 atom stereocenters. The van der Waals surface area contributed by atoms with Crippen molar-refractivity contribution < 1.29 is 28.2 Å². The molecule has 1 rings (SSSR count). The van der Waals surface area contributed by atoms with E-state index in [1.807, 2.05) is 0 Å². The van der Waals surface area contributed by atoms with E-state index in [-0.39, 0.29) is 0 Å². The number of alkyl carbamates (subject to hydrolysis) is 1. The van der Waals surface area contributed by atoms with E-state index in [0.717, 1.165) is 0 Å². The highest BCUT2D eigenvalue weighted by molar-refractivity contribution is 5.81. The summed E-state index contributed by atoms with van der Waals surface area (Å²) in [5.74, 6) is -4.88. The number of ether oxygens (including phenoxy) is 1. The van der Waals surface area contributed by atoms with E-state index in [1.54, 1.807) is 20.8 Å². The van der Waals surface area contributed by atoms with E-state index in [2.05, 4.69) is 5.32 Å². The Labute approximate surface area is 97.1 Å². The maximum atomic E-state index is 12.9. The third-order valence-electron chi connectivity index (χ3n) is 2.44. The molecule has 5 nitrogen and oxygen atoms in total. The zero-order valence-corrected chi connectivity index (χ0v) is 9.84. The molecule has 7 heteroatoms. The second-order valence-corrected chi connectivity index (χ2v) is 5.12. The highest BCUT2D eigenvalue weighted by Gasteiger charge is 2.76. The van der Waals surface area contributed by atoms with Crippen molar-refractivity contribution in [2.75, 3.05) is 6.54 Å². The Kier molecular flexibility index (Phi) is 3.07. The van der Waals surface area contributed by atoms with E-state index in [9.17, 15) is 18.4 Å². The number of hydrogen-bond acceptors (Lipinski definition) is 3. The Bertz CT molecular complexity index is 351. The van der Waals surface area contributed by atoms with E-state index >= 15 is 0 Å². The summed E-state index contributed by atoms with van der Waals surface area (Å²) in [6.45, 7) is 4.21. The highest BCUT2D eigenvalue weighted by Crippen LogP contribution is 2.60. The second kappa shape index (κ2) is 3.82. The van der Waals surface area contributed by atoms with Crippen LogP contribution in [-0.4, -0.2) is 35.2 Å². The number of carbonyl (C=O) groups excluding carboxylic acids is 1. The Morgan fingerprint density at radius 2 is 1.88 bits per heavy atom. The molecule has 0 radical (unpaired) electrons. The summed E-state index contributed by atoms with van der Waals surface area (Å²) in [5, 5.41) is 10.8. The van der Waals surface area contributed by atoms with Crippen molar-refractivity contribution in [1.29, 1.82) is 0 Å². The molecule has 1 aliphatic rings. The van der Waals surface area contributed by atoms with Crippen LogP contribution in [0.4, 0.5) is 13.6 Å². The maximum absolute atomic E-state index is 12.9. The second-order valence-electron chi connectivity index (χ2n) is 5.12. The van der Waals surface area contributed by atoms with Gasteiger partial charge in [0.1, 0.15) is 5.60 Å². The Morgan fingerprint density at radius 1 is 1.41 bits per heavy atom. The van der Waals surface area contributed by atoms with Crippen LogP contribution in [0.2, 0.25) is 0 Å². The predicted octanol–water partition coefficient (Wildman–Crippen LogP) is 1.62. The zero-order valence-electron chi connectivity index (χ0n) is 9.84. The fourth-order valence-corrected chi connectivity index (χ4v) is 1.37. The van der Waals surface area contributed by atoms with Crippen LogP contribution in [0.1, 0.15) is 27.2 Å². The molecule has 0 spiro atoms. The molecule has 0 aromatic carbocycles. The van der Waals surface area contributed by atoms with Crippen molar-refractivity contribution in [3.05, 3.63) is 0 Å². The quantitative estimate of drug-likeness (QED) is 0.799. The predicted molar refractivity (Wildman–Crippen MR) is 53.9 cm³/mol. The summed E-state index contributed by atoms with van der Waals surface area (Å²) < 4.78 is 30.7. The number of carbonyl (C=O) groups is 2. The summed E-state index contributed by atoms with van der Waals surface area (Å²) in [6, 6.07) is 0. The third-order valence-corrected chi connectivity index (χ3v) is 2.44. The van der Waals surface area contributed by atoms with Crippen LogP contribution in [-0.2, 0) is 9.53 Å². The summed E-state index contributed by atoms with van der Waals surface area (Å²) in [5.41, 5.74) is -2.93. The maximum Gasteiger partial charge on any atom is 0.407 e. The van der Waals surface area contributed by atoms with E-state index in [4.69, 9.17) is 9.84 Å². The number of nitrogens with one attached hydrogen (secondary N) is 1. The number of carboxylic acid groups (broad SMARTS) is 1. The van der Waals surface area contributed by atoms with Gasteiger partial charge in [0.15, 0.2) is 5.41 Å². The standard InChI is InChI=1S/C10H15F2NO4/c1-8(2,3)17-7(16)13-5-9(6(14)15)4-10(9,11)12/h4-5H2,1-3H3,(H,13,16)(H,14,15). The number of amides is 1. The molecule has 0 heterocycles. The monoisotopic (exact) mass is 251 g/mol. The van der Waals surface area contributed by atoms with Gasteiger partial charge in [-0.25, -0.2) is 13.6 Å². The number of halogens is 2. The van der Waals surface area contributed by atoms with Gasteiger partial charge in [0.25, 0.3) is 5.92 Å². The van der Waals surface area contributed by atoms with Crippen molar-refractivity contribution in [3.8, 4) is 0 Å². The van der Waals surface area contributed by atoms with Gasteiger partial charge < -0.3 is 15.2 Å². The SMILES string of the molecule is CC(C)(C)OC(=O)NCC1(C(=O)O)CC1(F)F. The van der Waals surface area contributed by atoms with E-state index < -0.39 is 42.0 Å². The van der Waals surface area contributed by atoms with Crippen LogP contribution in [0.15, 0.2) is 0 Å². The minimum atomic E-state index is -3.27. The van der Waals surface area contributed by atoms with Crippen LogP contribution in [0.3, 0.4) is 0 Å².